The number of hydrogen-bond donors (Lipinski definition) is 1. The Bertz CT molecular complexity index is 1150. The molecule has 0 aliphatic heterocycles. The molecule has 3 rings (SSSR count). The number of benzene rings is 2. The van der Waals surface area contributed by atoms with Crippen LogP contribution in [0.4, 0.5) is 17.2 Å². The van der Waals surface area contributed by atoms with E-state index in [1.54, 1.807) is 6.92 Å². The minimum atomic E-state index is -4.75. The smallest absolute Gasteiger partial charge is 0.744 e. The monoisotopic (exact) mass is 431 g/mol. The van der Waals surface area contributed by atoms with Gasteiger partial charge in [-0.3, -0.25) is 0 Å². The van der Waals surface area contributed by atoms with Gasteiger partial charge in [-0.25, -0.2) is 13.1 Å². The van der Waals surface area contributed by atoms with E-state index in [1.165, 1.54) is 4.68 Å². The molecule has 0 spiro atoms. The van der Waals surface area contributed by atoms with Crippen LogP contribution in [0.15, 0.2) is 57.6 Å². The predicted molar refractivity (Wildman–Crippen MR) is 101 cm³/mol. The molecule has 0 saturated carbocycles. The standard InChI is InChI=1S/C16H13Cl2N5O3S.Li/c1-9-15(16(19)23(22-9)10-5-3-2-4-6-10)21-20-13-7-12(18)14(8-11(13)17)27(24,25)26;/h2-8H,19H2,1H3,(H,24,25,26);/q;+1/p-1. The normalized spacial score (nSPS) is 11.6. The zero-order chi connectivity index (χ0) is 19.8. The van der Waals surface area contributed by atoms with Crippen LogP contribution in [0.3, 0.4) is 0 Å². The van der Waals surface area contributed by atoms with Crippen LogP contribution < -0.4 is 24.6 Å². The number of rotatable bonds is 4. The van der Waals surface area contributed by atoms with E-state index in [0.29, 0.717) is 11.4 Å². The van der Waals surface area contributed by atoms with Gasteiger partial charge in [0.25, 0.3) is 0 Å². The fraction of sp³-hybridized carbons (Fsp3) is 0.0625. The van der Waals surface area contributed by atoms with Gasteiger partial charge in [0, 0.05) is 0 Å². The van der Waals surface area contributed by atoms with Crippen molar-refractivity contribution in [2.45, 2.75) is 11.8 Å². The second kappa shape index (κ2) is 8.65. The van der Waals surface area contributed by atoms with Gasteiger partial charge in [-0.15, -0.1) is 10.2 Å². The van der Waals surface area contributed by atoms with Crippen LogP contribution in [-0.2, 0) is 10.1 Å². The Labute approximate surface area is 183 Å². The van der Waals surface area contributed by atoms with Crippen molar-refractivity contribution in [2.24, 2.45) is 10.2 Å². The Hall–Kier alpha value is -1.86. The van der Waals surface area contributed by atoms with E-state index in [1.807, 2.05) is 30.3 Å². The summed E-state index contributed by atoms with van der Waals surface area (Å²) in [5, 5.41) is 12.0. The van der Waals surface area contributed by atoms with Gasteiger partial charge in [-0.05, 0) is 31.2 Å². The molecule has 28 heavy (non-hydrogen) atoms. The Morgan fingerprint density at radius 2 is 1.75 bits per heavy atom. The second-order valence-corrected chi connectivity index (χ2v) is 7.62. The van der Waals surface area contributed by atoms with Gasteiger partial charge in [0.15, 0.2) is 11.5 Å². The molecule has 0 fully saturated rings. The summed E-state index contributed by atoms with van der Waals surface area (Å²) in [6.07, 6.45) is 0. The van der Waals surface area contributed by atoms with Gasteiger partial charge < -0.3 is 10.3 Å². The summed E-state index contributed by atoms with van der Waals surface area (Å²) in [6.45, 7) is 1.71. The maximum absolute atomic E-state index is 11.1. The maximum atomic E-state index is 11.1. The number of aryl methyl sites for hydroxylation is 1. The maximum Gasteiger partial charge on any atom is 1.00 e. The molecule has 1 aromatic heterocycles. The average molecular weight is 432 g/mol. The molecule has 3 aromatic rings. The minimum Gasteiger partial charge on any atom is -0.744 e. The third-order valence-electron chi connectivity index (χ3n) is 3.59. The van der Waals surface area contributed by atoms with Crippen LogP contribution in [0, 0.1) is 6.92 Å². The van der Waals surface area contributed by atoms with Crippen LogP contribution in [0.2, 0.25) is 10.0 Å². The molecule has 0 unspecified atom stereocenters. The van der Waals surface area contributed by atoms with Crippen molar-refractivity contribution in [1.29, 1.82) is 0 Å². The Morgan fingerprint density at radius 1 is 1.11 bits per heavy atom. The SMILES string of the molecule is Cc1nn(-c2ccccc2)c(N)c1N=Nc1cc(Cl)c(S(=O)(=O)[O-])cc1Cl.[Li+]. The largest absolute Gasteiger partial charge is 1.00 e. The number of aromatic nitrogens is 2. The van der Waals surface area contributed by atoms with Gasteiger partial charge in [-0.2, -0.15) is 5.10 Å². The fourth-order valence-electron chi connectivity index (χ4n) is 2.32. The molecule has 0 amide bonds. The van der Waals surface area contributed by atoms with Crippen molar-refractivity contribution in [1.82, 2.24) is 9.78 Å². The summed E-state index contributed by atoms with van der Waals surface area (Å²) < 4.78 is 34.9. The second-order valence-electron chi connectivity index (χ2n) is 5.45. The first kappa shape index (κ1) is 22.4. The zero-order valence-corrected chi connectivity index (χ0v) is 17.1. The first-order valence-electron chi connectivity index (χ1n) is 7.45. The molecule has 0 atom stereocenters. The van der Waals surface area contributed by atoms with Crippen LogP contribution in [-0.4, -0.2) is 22.8 Å². The molecule has 0 aliphatic carbocycles. The summed E-state index contributed by atoms with van der Waals surface area (Å²) in [6, 6.07) is 11.3. The summed E-state index contributed by atoms with van der Waals surface area (Å²) >= 11 is 11.8. The summed E-state index contributed by atoms with van der Waals surface area (Å²) in [4.78, 5) is -0.624. The van der Waals surface area contributed by atoms with Crippen molar-refractivity contribution in [2.75, 3.05) is 5.73 Å². The van der Waals surface area contributed by atoms with Gasteiger partial charge in [0.1, 0.15) is 15.8 Å². The quantitative estimate of drug-likeness (QED) is 0.379. The van der Waals surface area contributed by atoms with Gasteiger partial charge in [0.05, 0.1) is 26.3 Å². The number of nitrogens with zero attached hydrogens (tertiary/aromatic N) is 4. The van der Waals surface area contributed by atoms with Crippen LogP contribution in [0.25, 0.3) is 5.69 Å². The molecule has 2 aromatic carbocycles. The van der Waals surface area contributed by atoms with E-state index in [9.17, 15) is 13.0 Å². The first-order chi connectivity index (χ1) is 12.7. The molecular formula is C16H12Cl2LiN5O3S. The van der Waals surface area contributed by atoms with Crippen LogP contribution in [0.1, 0.15) is 5.69 Å². The van der Waals surface area contributed by atoms with E-state index in [0.717, 1.165) is 17.8 Å². The predicted octanol–water partition coefficient (Wildman–Crippen LogP) is 1.39. The molecule has 140 valence electrons. The van der Waals surface area contributed by atoms with E-state index >= 15 is 0 Å². The molecule has 2 N–H and O–H groups in total. The van der Waals surface area contributed by atoms with E-state index < -0.39 is 15.0 Å². The van der Waals surface area contributed by atoms with Crippen LogP contribution in [0.5, 0.6) is 0 Å². The third-order valence-corrected chi connectivity index (χ3v) is 5.20. The molecule has 0 bridgehead atoms. The van der Waals surface area contributed by atoms with E-state index in [-0.39, 0.29) is 40.4 Å². The molecule has 12 heteroatoms. The van der Waals surface area contributed by atoms with Crippen molar-refractivity contribution < 1.29 is 31.8 Å². The number of anilines is 1. The van der Waals surface area contributed by atoms with Gasteiger partial charge >= 0.3 is 18.9 Å². The van der Waals surface area contributed by atoms with Crippen LogP contribution >= 0.6 is 23.2 Å². The summed E-state index contributed by atoms with van der Waals surface area (Å²) in [5.41, 5.74) is 7.81. The van der Waals surface area contributed by atoms with Gasteiger partial charge in [0.2, 0.25) is 0 Å². The molecule has 1 heterocycles. The molecule has 0 aliphatic rings. The van der Waals surface area contributed by atoms with Crippen molar-refractivity contribution >= 4 is 50.5 Å². The minimum absolute atomic E-state index is 0. The van der Waals surface area contributed by atoms with E-state index in [2.05, 4.69) is 15.3 Å². The van der Waals surface area contributed by atoms with Crippen molar-refractivity contribution in [3.8, 4) is 5.69 Å². The number of nitrogens with two attached hydrogens (primary N) is 1. The topological polar surface area (TPSA) is 126 Å². The first-order valence-corrected chi connectivity index (χ1v) is 9.62. The number of halogens is 2. The number of para-hydroxylation sites is 1. The Balaban J connectivity index is 0.00000280. The van der Waals surface area contributed by atoms with Crippen molar-refractivity contribution in [3.63, 3.8) is 0 Å². The number of azo groups is 1. The average Bonchev–Trinajstić information content (AvgIpc) is 2.89. The summed E-state index contributed by atoms with van der Waals surface area (Å²) in [5.74, 6) is 0.267. The van der Waals surface area contributed by atoms with E-state index in [4.69, 9.17) is 28.9 Å². The fourth-order valence-corrected chi connectivity index (χ4v) is 3.58. The molecule has 0 radical (unpaired) electrons. The number of nitrogen functional groups attached to an aromatic ring is 1. The Morgan fingerprint density at radius 3 is 2.36 bits per heavy atom. The number of hydrogen-bond acceptors (Lipinski definition) is 7. The molecule has 0 saturated heterocycles. The Kier molecular flexibility index (Phi) is 6.93. The third kappa shape index (κ3) is 4.58. The van der Waals surface area contributed by atoms with Crippen molar-refractivity contribution in [3.05, 3.63) is 58.2 Å². The summed E-state index contributed by atoms with van der Waals surface area (Å²) in [7, 11) is -4.75. The molecule has 8 nitrogen and oxygen atoms in total. The zero-order valence-electron chi connectivity index (χ0n) is 14.8. The molecular weight excluding hydrogens is 420 g/mol. The van der Waals surface area contributed by atoms with Gasteiger partial charge in [-0.1, -0.05) is 41.4 Å².